The van der Waals surface area contributed by atoms with Crippen LogP contribution in [0, 0.1) is 0 Å². The summed E-state index contributed by atoms with van der Waals surface area (Å²) in [6.45, 7) is 1.35. The Bertz CT molecular complexity index is 473. The minimum Gasteiger partial charge on any atom is -0.394 e. The summed E-state index contributed by atoms with van der Waals surface area (Å²) in [6.07, 6.45) is 4.24. The Kier molecular flexibility index (Phi) is 2.63. The molecule has 1 aromatic heterocycles. The van der Waals surface area contributed by atoms with E-state index < -0.39 is 0 Å². The van der Waals surface area contributed by atoms with Gasteiger partial charge in [-0.3, -0.25) is 4.79 Å². The first-order valence-corrected chi connectivity index (χ1v) is 6.22. The highest BCUT2D eigenvalue weighted by Crippen LogP contribution is 2.39. The number of nitrogens with two attached hydrogens (primary N) is 1. The van der Waals surface area contributed by atoms with Gasteiger partial charge in [-0.1, -0.05) is 0 Å². The Morgan fingerprint density at radius 3 is 2.88 bits per heavy atom. The van der Waals surface area contributed by atoms with E-state index in [0.717, 1.165) is 38.0 Å². The van der Waals surface area contributed by atoms with Crippen molar-refractivity contribution >= 4 is 5.69 Å². The Hall–Kier alpha value is -1.36. The number of nitrogens with zero attached hydrogens (tertiary/aromatic N) is 2. The monoisotopic (exact) mass is 235 g/mol. The van der Waals surface area contributed by atoms with Crippen molar-refractivity contribution in [3.8, 4) is 0 Å². The molecule has 1 aliphatic heterocycles. The van der Waals surface area contributed by atoms with Gasteiger partial charge >= 0.3 is 0 Å². The molecule has 5 nitrogen and oxygen atoms in total. The van der Waals surface area contributed by atoms with Crippen LogP contribution in [-0.4, -0.2) is 23.0 Å². The first kappa shape index (κ1) is 10.8. The second-order valence-corrected chi connectivity index (χ2v) is 4.92. The van der Waals surface area contributed by atoms with Crippen molar-refractivity contribution in [1.82, 2.24) is 9.78 Å². The van der Waals surface area contributed by atoms with Crippen molar-refractivity contribution in [2.45, 2.75) is 37.6 Å². The zero-order valence-electron chi connectivity index (χ0n) is 9.76. The molecule has 1 saturated heterocycles. The van der Waals surface area contributed by atoms with Crippen LogP contribution in [0.25, 0.3) is 0 Å². The Labute approximate surface area is 99.6 Å². The molecule has 3 rings (SSSR count). The topological polar surface area (TPSA) is 70.1 Å². The molecule has 92 valence electrons. The molecule has 2 fully saturated rings. The molecule has 0 spiro atoms. The van der Waals surface area contributed by atoms with E-state index in [1.54, 1.807) is 10.7 Å². The third-order valence-electron chi connectivity index (χ3n) is 3.46. The Morgan fingerprint density at radius 2 is 2.24 bits per heavy atom. The summed E-state index contributed by atoms with van der Waals surface area (Å²) >= 11 is 0. The van der Waals surface area contributed by atoms with E-state index in [-0.39, 0.29) is 11.6 Å². The van der Waals surface area contributed by atoms with Crippen molar-refractivity contribution in [2.75, 3.05) is 18.9 Å². The summed E-state index contributed by atoms with van der Waals surface area (Å²) in [5.41, 5.74) is 6.88. The molecule has 1 saturated carbocycles. The number of hydrogen-bond acceptors (Lipinski definition) is 4. The van der Waals surface area contributed by atoms with Gasteiger partial charge in [0.25, 0.3) is 5.56 Å². The van der Waals surface area contributed by atoms with Gasteiger partial charge in [-0.2, -0.15) is 5.10 Å². The summed E-state index contributed by atoms with van der Waals surface area (Å²) < 4.78 is 6.95. The van der Waals surface area contributed by atoms with Crippen LogP contribution >= 0.6 is 0 Å². The van der Waals surface area contributed by atoms with Gasteiger partial charge in [0.2, 0.25) is 0 Å². The van der Waals surface area contributed by atoms with E-state index in [2.05, 4.69) is 5.10 Å². The highest BCUT2D eigenvalue weighted by molar-refractivity contribution is 5.37. The molecule has 2 heterocycles. The first-order chi connectivity index (χ1) is 8.25. The summed E-state index contributed by atoms with van der Waals surface area (Å²) in [5, 5.41) is 4.46. The molecule has 1 aliphatic carbocycles. The number of ether oxygens (including phenoxy) is 1. The molecule has 1 atom stereocenters. The second-order valence-electron chi connectivity index (χ2n) is 4.92. The molecule has 0 radical (unpaired) electrons. The van der Waals surface area contributed by atoms with Crippen LogP contribution in [-0.2, 0) is 4.74 Å². The van der Waals surface area contributed by atoms with Gasteiger partial charge in [-0.05, 0) is 31.7 Å². The average Bonchev–Trinajstić information content (AvgIpc) is 3.18. The summed E-state index contributed by atoms with van der Waals surface area (Å²) in [5.74, 6) is 0.508. The lowest BCUT2D eigenvalue weighted by Crippen LogP contribution is -2.34. The molecule has 17 heavy (non-hydrogen) atoms. The van der Waals surface area contributed by atoms with E-state index >= 15 is 0 Å². The number of aromatic nitrogens is 2. The zero-order valence-corrected chi connectivity index (χ0v) is 9.76. The van der Waals surface area contributed by atoms with Crippen molar-refractivity contribution in [2.24, 2.45) is 0 Å². The predicted molar refractivity (Wildman–Crippen MR) is 64.0 cm³/mol. The molecule has 0 amide bonds. The lowest BCUT2D eigenvalue weighted by molar-refractivity contribution is 0.0530. The molecule has 0 bridgehead atoms. The SMILES string of the molecule is Nc1cc(C2CC2)nn(C2CCCOC2)c1=O. The molecular weight excluding hydrogens is 218 g/mol. The van der Waals surface area contributed by atoms with Crippen LogP contribution in [0.1, 0.15) is 43.3 Å². The van der Waals surface area contributed by atoms with Crippen LogP contribution in [0.3, 0.4) is 0 Å². The highest BCUT2D eigenvalue weighted by atomic mass is 16.5. The third kappa shape index (κ3) is 2.07. The summed E-state index contributed by atoms with van der Waals surface area (Å²) in [6, 6.07) is 1.79. The van der Waals surface area contributed by atoms with Gasteiger partial charge in [-0.25, -0.2) is 4.68 Å². The molecular formula is C12H17N3O2. The average molecular weight is 235 g/mol. The van der Waals surface area contributed by atoms with E-state index in [1.165, 1.54) is 0 Å². The fourth-order valence-corrected chi connectivity index (χ4v) is 2.29. The zero-order chi connectivity index (χ0) is 11.8. The van der Waals surface area contributed by atoms with Crippen molar-refractivity contribution in [1.29, 1.82) is 0 Å². The van der Waals surface area contributed by atoms with Gasteiger partial charge in [0, 0.05) is 12.5 Å². The maximum absolute atomic E-state index is 12.0. The van der Waals surface area contributed by atoms with Gasteiger partial charge < -0.3 is 10.5 Å². The van der Waals surface area contributed by atoms with Crippen LogP contribution in [0.5, 0.6) is 0 Å². The lowest BCUT2D eigenvalue weighted by Gasteiger charge is -2.23. The minimum absolute atomic E-state index is 0.0530. The maximum Gasteiger partial charge on any atom is 0.290 e. The second kappa shape index (κ2) is 4.14. The van der Waals surface area contributed by atoms with Crippen LogP contribution in [0.2, 0.25) is 0 Å². The number of rotatable bonds is 2. The van der Waals surface area contributed by atoms with E-state index in [0.29, 0.717) is 18.2 Å². The fourth-order valence-electron chi connectivity index (χ4n) is 2.29. The van der Waals surface area contributed by atoms with Gasteiger partial charge in [-0.15, -0.1) is 0 Å². The first-order valence-electron chi connectivity index (χ1n) is 6.22. The largest absolute Gasteiger partial charge is 0.394 e. The molecule has 2 aliphatic rings. The number of hydrogen-bond donors (Lipinski definition) is 1. The highest BCUT2D eigenvalue weighted by Gasteiger charge is 2.28. The van der Waals surface area contributed by atoms with Crippen molar-refractivity contribution in [3.63, 3.8) is 0 Å². The normalized spacial score (nSPS) is 24.8. The standard InChI is InChI=1S/C12H17N3O2/c13-10-6-11(8-3-4-8)14-15(12(10)16)9-2-1-5-17-7-9/h6,8-9H,1-5,7,13H2. The van der Waals surface area contributed by atoms with Crippen molar-refractivity contribution in [3.05, 3.63) is 22.1 Å². The lowest BCUT2D eigenvalue weighted by atomic mass is 10.1. The Balaban J connectivity index is 1.98. The van der Waals surface area contributed by atoms with Crippen LogP contribution in [0.15, 0.2) is 10.9 Å². The molecule has 1 unspecified atom stereocenters. The van der Waals surface area contributed by atoms with E-state index in [4.69, 9.17) is 10.5 Å². The molecule has 2 N–H and O–H groups in total. The third-order valence-corrected chi connectivity index (χ3v) is 3.46. The predicted octanol–water partition coefficient (Wildman–Crippen LogP) is 1.05. The quantitative estimate of drug-likeness (QED) is 0.832. The van der Waals surface area contributed by atoms with E-state index in [1.807, 2.05) is 0 Å². The fraction of sp³-hybridized carbons (Fsp3) is 0.667. The van der Waals surface area contributed by atoms with Gasteiger partial charge in [0.15, 0.2) is 0 Å². The van der Waals surface area contributed by atoms with Crippen LogP contribution in [0.4, 0.5) is 5.69 Å². The summed E-state index contributed by atoms with van der Waals surface area (Å²) in [7, 11) is 0. The molecule has 0 aromatic carbocycles. The smallest absolute Gasteiger partial charge is 0.290 e. The van der Waals surface area contributed by atoms with Gasteiger partial charge in [0.1, 0.15) is 5.69 Å². The summed E-state index contributed by atoms with van der Waals surface area (Å²) in [4.78, 5) is 12.0. The van der Waals surface area contributed by atoms with Crippen LogP contribution < -0.4 is 11.3 Å². The van der Waals surface area contributed by atoms with Gasteiger partial charge in [0.05, 0.1) is 18.3 Å². The molecule has 5 heteroatoms. The van der Waals surface area contributed by atoms with E-state index in [9.17, 15) is 4.79 Å². The Morgan fingerprint density at radius 1 is 1.41 bits per heavy atom. The minimum atomic E-state index is -0.176. The van der Waals surface area contributed by atoms with Crippen molar-refractivity contribution < 1.29 is 4.74 Å². The number of anilines is 1. The number of nitrogen functional groups attached to an aromatic ring is 1. The molecule has 1 aromatic rings. The maximum atomic E-state index is 12.0.